The van der Waals surface area contributed by atoms with Crippen LogP contribution in [0.1, 0.15) is 38.4 Å². The van der Waals surface area contributed by atoms with Crippen LogP contribution in [0, 0.1) is 5.92 Å². The van der Waals surface area contributed by atoms with Crippen LogP contribution in [0.3, 0.4) is 0 Å². The first-order chi connectivity index (χ1) is 9.01. The first-order valence-electron chi connectivity index (χ1n) is 6.30. The van der Waals surface area contributed by atoms with Gasteiger partial charge in [-0.25, -0.2) is 0 Å². The van der Waals surface area contributed by atoms with Crippen molar-refractivity contribution < 1.29 is 14.6 Å². The minimum Gasteiger partial charge on any atom is -0.466 e. The number of ether oxygens (including phenoxy) is 1. The molecule has 0 bridgehead atoms. The fraction of sp³-hybridized carbons (Fsp3) is 0.500. The highest BCUT2D eigenvalue weighted by Crippen LogP contribution is 2.33. The standard InChI is InChI=1S/C14H18Cl2O3/c1-3-5-11(14(18)19-4-2)13(17)10-7-6-9(15)8-12(10)16/h6-8,11,13,17H,3-5H2,1-2H3. The van der Waals surface area contributed by atoms with Crippen LogP contribution in [0.2, 0.25) is 10.0 Å². The van der Waals surface area contributed by atoms with Crippen molar-refractivity contribution in [1.82, 2.24) is 0 Å². The number of rotatable bonds is 6. The SMILES string of the molecule is CCCC(C(=O)OCC)C(O)c1ccc(Cl)cc1Cl. The van der Waals surface area contributed by atoms with Gasteiger partial charge in [0.1, 0.15) is 0 Å². The third-order valence-corrected chi connectivity index (χ3v) is 3.41. The van der Waals surface area contributed by atoms with Crippen molar-refractivity contribution in [2.75, 3.05) is 6.61 Å². The lowest BCUT2D eigenvalue weighted by atomic mass is 9.92. The van der Waals surface area contributed by atoms with Crippen molar-refractivity contribution >= 4 is 29.2 Å². The van der Waals surface area contributed by atoms with E-state index >= 15 is 0 Å². The summed E-state index contributed by atoms with van der Waals surface area (Å²) in [6.07, 6.45) is 0.328. The molecular weight excluding hydrogens is 287 g/mol. The van der Waals surface area contributed by atoms with E-state index < -0.39 is 18.0 Å². The average molecular weight is 305 g/mol. The summed E-state index contributed by atoms with van der Waals surface area (Å²) >= 11 is 11.9. The highest BCUT2D eigenvalue weighted by molar-refractivity contribution is 6.35. The van der Waals surface area contributed by atoms with E-state index in [1.165, 1.54) is 0 Å². The number of hydrogen-bond acceptors (Lipinski definition) is 3. The third kappa shape index (κ3) is 4.37. The highest BCUT2D eigenvalue weighted by Gasteiger charge is 2.29. The normalized spacial score (nSPS) is 13.9. The van der Waals surface area contributed by atoms with Crippen LogP contribution < -0.4 is 0 Å². The smallest absolute Gasteiger partial charge is 0.311 e. The van der Waals surface area contributed by atoms with Gasteiger partial charge >= 0.3 is 5.97 Å². The van der Waals surface area contributed by atoms with Gasteiger partial charge in [-0.1, -0.05) is 42.6 Å². The lowest BCUT2D eigenvalue weighted by Crippen LogP contribution is -2.24. The molecule has 3 nitrogen and oxygen atoms in total. The number of aliphatic hydroxyl groups is 1. The molecule has 19 heavy (non-hydrogen) atoms. The van der Waals surface area contributed by atoms with E-state index in [2.05, 4.69) is 0 Å². The molecule has 106 valence electrons. The second-order valence-electron chi connectivity index (χ2n) is 4.26. The summed E-state index contributed by atoms with van der Waals surface area (Å²) in [5.41, 5.74) is 0.498. The molecule has 0 radical (unpaired) electrons. The average Bonchev–Trinajstić information content (AvgIpc) is 2.35. The van der Waals surface area contributed by atoms with E-state index in [4.69, 9.17) is 27.9 Å². The molecule has 0 aliphatic rings. The van der Waals surface area contributed by atoms with Crippen molar-refractivity contribution in [2.24, 2.45) is 5.92 Å². The number of carbonyl (C=O) groups excluding carboxylic acids is 1. The summed E-state index contributed by atoms with van der Waals surface area (Å²) in [4.78, 5) is 11.9. The molecule has 0 aliphatic carbocycles. The highest BCUT2D eigenvalue weighted by atomic mass is 35.5. The van der Waals surface area contributed by atoms with Gasteiger partial charge in [-0.05, 0) is 25.5 Å². The van der Waals surface area contributed by atoms with Crippen molar-refractivity contribution in [2.45, 2.75) is 32.8 Å². The Morgan fingerprint density at radius 1 is 1.37 bits per heavy atom. The van der Waals surface area contributed by atoms with Gasteiger partial charge in [-0.3, -0.25) is 4.79 Å². The Bertz CT molecular complexity index is 435. The summed E-state index contributed by atoms with van der Waals surface area (Å²) in [5.74, 6) is -1.01. The fourth-order valence-electron chi connectivity index (χ4n) is 1.92. The molecule has 0 saturated carbocycles. The van der Waals surface area contributed by atoms with Crippen LogP contribution in [-0.4, -0.2) is 17.7 Å². The van der Waals surface area contributed by atoms with Crippen LogP contribution in [0.5, 0.6) is 0 Å². The van der Waals surface area contributed by atoms with E-state index in [1.54, 1.807) is 25.1 Å². The van der Waals surface area contributed by atoms with Gasteiger partial charge in [-0.15, -0.1) is 0 Å². The number of halogens is 2. The number of esters is 1. The third-order valence-electron chi connectivity index (χ3n) is 2.85. The van der Waals surface area contributed by atoms with Crippen LogP contribution in [0.25, 0.3) is 0 Å². The van der Waals surface area contributed by atoms with Crippen molar-refractivity contribution in [3.05, 3.63) is 33.8 Å². The maximum atomic E-state index is 11.9. The quantitative estimate of drug-likeness (QED) is 0.808. The molecule has 0 amide bonds. The molecule has 2 atom stereocenters. The maximum absolute atomic E-state index is 11.9. The molecule has 1 aromatic carbocycles. The Hall–Kier alpha value is -0.770. The van der Waals surface area contributed by atoms with Crippen molar-refractivity contribution in [3.8, 4) is 0 Å². The zero-order chi connectivity index (χ0) is 14.4. The van der Waals surface area contributed by atoms with Gasteiger partial charge in [0.05, 0.1) is 18.6 Å². The summed E-state index contributed by atoms with van der Waals surface area (Å²) in [6.45, 7) is 3.98. The molecule has 0 heterocycles. The van der Waals surface area contributed by atoms with E-state index in [9.17, 15) is 9.90 Å². The monoisotopic (exact) mass is 304 g/mol. The molecule has 0 spiro atoms. The molecule has 0 fully saturated rings. The lowest BCUT2D eigenvalue weighted by Gasteiger charge is -2.22. The molecule has 1 aromatic rings. The second-order valence-corrected chi connectivity index (χ2v) is 5.10. The molecule has 0 aliphatic heterocycles. The number of carbonyl (C=O) groups is 1. The van der Waals surface area contributed by atoms with Gasteiger partial charge in [0.25, 0.3) is 0 Å². The summed E-state index contributed by atoms with van der Waals surface area (Å²) in [7, 11) is 0. The van der Waals surface area contributed by atoms with Gasteiger partial charge in [0.2, 0.25) is 0 Å². The Morgan fingerprint density at radius 2 is 2.05 bits per heavy atom. The minimum absolute atomic E-state index is 0.292. The van der Waals surface area contributed by atoms with Gasteiger partial charge in [-0.2, -0.15) is 0 Å². The van der Waals surface area contributed by atoms with Crippen LogP contribution in [0.15, 0.2) is 18.2 Å². The van der Waals surface area contributed by atoms with Crippen molar-refractivity contribution in [1.29, 1.82) is 0 Å². The Kier molecular flexibility index (Phi) is 6.63. The van der Waals surface area contributed by atoms with Crippen LogP contribution >= 0.6 is 23.2 Å². The second kappa shape index (κ2) is 7.73. The lowest BCUT2D eigenvalue weighted by molar-refractivity contribution is -0.152. The zero-order valence-electron chi connectivity index (χ0n) is 11.0. The minimum atomic E-state index is -0.983. The molecule has 1 N–H and O–H groups in total. The summed E-state index contributed by atoms with van der Waals surface area (Å²) in [5, 5.41) is 11.2. The molecule has 2 unspecified atom stereocenters. The molecule has 0 aromatic heterocycles. The van der Waals surface area contributed by atoms with E-state index in [0.29, 0.717) is 28.6 Å². The Labute approximate surface area is 123 Å². The van der Waals surface area contributed by atoms with E-state index in [0.717, 1.165) is 6.42 Å². The largest absolute Gasteiger partial charge is 0.466 e. The Balaban J connectivity index is 2.98. The molecule has 1 rings (SSSR count). The number of benzene rings is 1. The maximum Gasteiger partial charge on any atom is 0.311 e. The first-order valence-corrected chi connectivity index (χ1v) is 7.06. The summed E-state index contributed by atoms with van der Waals surface area (Å²) < 4.78 is 4.99. The first kappa shape index (κ1) is 16.3. The Morgan fingerprint density at radius 3 is 2.58 bits per heavy atom. The predicted octanol–water partition coefficient (Wildman–Crippen LogP) is 4.01. The van der Waals surface area contributed by atoms with Gasteiger partial charge in [0, 0.05) is 15.6 Å². The molecule has 0 saturated heterocycles. The van der Waals surface area contributed by atoms with Gasteiger partial charge in [0.15, 0.2) is 0 Å². The topological polar surface area (TPSA) is 46.5 Å². The molecule has 5 heteroatoms. The van der Waals surface area contributed by atoms with E-state index in [-0.39, 0.29) is 0 Å². The van der Waals surface area contributed by atoms with Crippen LogP contribution in [0.4, 0.5) is 0 Å². The fourth-order valence-corrected chi connectivity index (χ4v) is 2.44. The van der Waals surface area contributed by atoms with Crippen molar-refractivity contribution in [3.63, 3.8) is 0 Å². The number of hydrogen-bond donors (Lipinski definition) is 1. The van der Waals surface area contributed by atoms with E-state index in [1.807, 2.05) is 6.92 Å². The van der Waals surface area contributed by atoms with Gasteiger partial charge < -0.3 is 9.84 Å². The number of aliphatic hydroxyl groups excluding tert-OH is 1. The zero-order valence-corrected chi connectivity index (χ0v) is 12.5. The predicted molar refractivity (Wildman–Crippen MR) is 76.5 cm³/mol. The summed E-state index contributed by atoms with van der Waals surface area (Å²) in [6, 6.07) is 4.83. The molecular formula is C14H18Cl2O3. The van der Waals surface area contributed by atoms with Crippen LogP contribution in [-0.2, 0) is 9.53 Å².